The average molecular weight is 489 g/mol. The molecule has 6 heteroatoms. The summed E-state index contributed by atoms with van der Waals surface area (Å²) in [4.78, 5) is 36.6. The number of hydrogen-bond donors (Lipinski definition) is 0. The second kappa shape index (κ2) is 11.1. The predicted molar refractivity (Wildman–Crippen MR) is 142 cm³/mol. The number of piperazine rings is 2. The third-order valence-electron chi connectivity index (χ3n) is 8.47. The van der Waals surface area contributed by atoms with Crippen molar-refractivity contribution in [3.8, 4) is 0 Å². The van der Waals surface area contributed by atoms with Crippen LogP contribution in [0.1, 0.15) is 48.9 Å². The molecule has 1 aliphatic carbocycles. The Labute approximate surface area is 215 Å². The van der Waals surface area contributed by atoms with Crippen LogP contribution in [0.4, 0.5) is 0 Å². The van der Waals surface area contributed by atoms with E-state index in [1.165, 1.54) is 11.1 Å². The lowest BCUT2D eigenvalue weighted by atomic mass is 9.79. The monoisotopic (exact) mass is 488 g/mol. The van der Waals surface area contributed by atoms with E-state index >= 15 is 0 Å². The zero-order valence-corrected chi connectivity index (χ0v) is 21.8. The van der Waals surface area contributed by atoms with E-state index in [2.05, 4.69) is 82.2 Å². The highest BCUT2D eigenvalue weighted by molar-refractivity contribution is 5.83. The van der Waals surface area contributed by atoms with Crippen LogP contribution in [0.25, 0.3) is 0 Å². The van der Waals surface area contributed by atoms with Crippen LogP contribution >= 0.6 is 0 Å². The zero-order chi connectivity index (χ0) is 25.1. The zero-order valence-electron chi connectivity index (χ0n) is 21.8. The Kier molecular flexibility index (Phi) is 7.73. The van der Waals surface area contributed by atoms with Crippen LogP contribution in [-0.2, 0) is 9.59 Å². The molecule has 2 aromatic carbocycles. The van der Waals surface area contributed by atoms with Crippen molar-refractivity contribution in [2.75, 3.05) is 53.4 Å². The SMILES string of the molecule is CN1CCN(C(=O)C2CCCC(C(=O)N3CCN(C)CC3c3ccccc3)C2)C(c2ccccc2)C1. The molecular formula is C30H40N4O2. The molecule has 2 aliphatic heterocycles. The number of likely N-dealkylation sites (N-methyl/N-ethyl adjacent to an activating group) is 2. The van der Waals surface area contributed by atoms with Gasteiger partial charge in [-0.1, -0.05) is 67.1 Å². The molecule has 36 heavy (non-hydrogen) atoms. The molecule has 2 heterocycles. The van der Waals surface area contributed by atoms with Crippen LogP contribution in [0.3, 0.4) is 0 Å². The van der Waals surface area contributed by atoms with E-state index in [4.69, 9.17) is 0 Å². The Bertz CT molecular complexity index is 948. The first kappa shape index (κ1) is 25.0. The van der Waals surface area contributed by atoms with Gasteiger partial charge in [0.1, 0.15) is 0 Å². The summed E-state index contributed by atoms with van der Waals surface area (Å²) in [5, 5.41) is 0. The van der Waals surface area contributed by atoms with Gasteiger partial charge in [0, 0.05) is 51.1 Å². The van der Waals surface area contributed by atoms with Gasteiger partial charge in [-0.05, 0) is 44.5 Å². The molecule has 2 aromatic rings. The average Bonchev–Trinajstić information content (AvgIpc) is 2.93. The Morgan fingerprint density at radius 3 is 1.47 bits per heavy atom. The van der Waals surface area contributed by atoms with Gasteiger partial charge in [-0.25, -0.2) is 0 Å². The van der Waals surface area contributed by atoms with Gasteiger partial charge in [-0.2, -0.15) is 0 Å². The Morgan fingerprint density at radius 1 is 0.639 bits per heavy atom. The smallest absolute Gasteiger partial charge is 0.226 e. The normalized spacial score (nSPS) is 28.2. The summed E-state index contributed by atoms with van der Waals surface area (Å²) in [6.45, 7) is 4.99. The minimum absolute atomic E-state index is 0.0649. The molecule has 3 aliphatic rings. The number of carbonyl (C=O) groups excluding carboxylic acids is 2. The highest BCUT2D eigenvalue weighted by Gasteiger charge is 2.40. The van der Waals surface area contributed by atoms with Crippen LogP contribution in [-0.4, -0.2) is 84.8 Å². The first-order valence-electron chi connectivity index (χ1n) is 13.6. The van der Waals surface area contributed by atoms with Crippen molar-refractivity contribution in [3.05, 3.63) is 71.8 Å². The summed E-state index contributed by atoms with van der Waals surface area (Å²) < 4.78 is 0. The van der Waals surface area contributed by atoms with Crippen LogP contribution in [0.2, 0.25) is 0 Å². The van der Waals surface area contributed by atoms with Crippen molar-refractivity contribution in [3.63, 3.8) is 0 Å². The van der Waals surface area contributed by atoms with E-state index in [0.29, 0.717) is 6.42 Å². The molecule has 4 atom stereocenters. The fourth-order valence-electron chi connectivity index (χ4n) is 6.39. The molecule has 4 unspecified atom stereocenters. The number of carbonyl (C=O) groups is 2. The summed E-state index contributed by atoms with van der Waals surface area (Å²) in [5.74, 6) is 0.356. The van der Waals surface area contributed by atoms with Crippen molar-refractivity contribution in [1.29, 1.82) is 0 Å². The van der Waals surface area contributed by atoms with E-state index in [1.54, 1.807) is 0 Å². The molecule has 0 aromatic heterocycles. The third kappa shape index (κ3) is 5.35. The van der Waals surface area contributed by atoms with Gasteiger partial charge < -0.3 is 19.6 Å². The Hall–Kier alpha value is -2.70. The number of rotatable bonds is 4. The fraction of sp³-hybridized carbons (Fsp3) is 0.533. The highest BCUT2D eigenvalue weighted by atomic mass is 16.2. The van der Waals surface area contributed by atoms with Crippen LogP contribution in [0, 0.1) is 11.8 Å². The van der Waals surface area contributed by atoms with E-state index in [0.717, 1.165) is 58.5 Å². The maximum Gasteiger partial charge on any atom is 0.226 e. The van der Waals surface area contributed by atoms with E-state index in [-0.39, 0.29) is 35.7 Å². The fourth-order valence-corrected chi connectivity index (χ4v) is 6.39. The minimum Gasteiger partial charge on any atom is -0.333 e. The molecule has 0 radical (unpaired) electrons. The number of benzene rings is 2. The largest absolute Gasteiger partial charge is 0.333 e. The van der Waals surface area contributed by atoms with Gasteiger partial charge in [0.05, 0.1) is 12.1 Å². The first-order valence-corrected chi connectivity index (χ1v) is 13.6. The topological polar surface area (TPSA) is 47.1 Å². The van der Waals surface area contributed by atoms with Crippen molar-refractivity contribution >= 4 is 11.8 Å². The molecule has 3 fully saturated rings. The number of nitrogens with zero attached hydrogens (tertiary/aromatic N) is 4. The van der Waals surface area contributed by atoms with Crippen molar-refractivity contribution in [1.82, 2.24) is 19.6 Å². The summed E-state index contributed by atoms with van der Waals surface area (Å²) in [6.07, 6.45) is 3.41. The number of amides is 2. The summed E-state index contributed by atoms with van der Waals surface area (Å²) in [5.41, 5.74) is 2.40. The van der Waals surface area contributed by atoms with E-state index in [1.807, 2.05) is 12.1 Å². The highest BCUT2D eigenvalue weighted by Crippen LogP contribution is 2.36. The molecule has 192 valence electrons. The quantitative estimate of drug-likeness (QED) is 0.657. The summed E-state index contributed by atoms with van der Waals surface area (Å²) in [6, 6.07) is 21.0. The van der Waals surface area contributed by atoms with Crippen LogP contribution < -0.4 is 0 Å². The Balaban J connectivity index is 1.30. The van der Waals surface area contributed by atoms with E-state index < -0.39 is 0 Å². The predicted octanol–water partition coefficient (Wildman–Crippen LogP) is 3.82. The second-order valence-corrected chi connectivity index (χ2v) is 11.0. The summed E-state index contributed by atoms with van der Waals surface area (Å²) in [7, 11) is 4.26. The van der Waals surface area contributed by atoms with Crippen molar-refractivity contribution in [2.24, 2.45) is 11.8 Å². The van der Waals surface area contributed by atoms with Gasteiger partial charge in [0.25, 0.3) is 0 Å². The maximum absolute atomic E-state index is 13.9. The van der Waals surface area contributed by atoms with Gasteiger partial charge in [-0.3, -0.25) is 9.59 Å². The molecule has 6 nitrogen and oxygen atoms in total. The molecule has 1 saturated carbocycles. The van der Waals surface area contributed by atoms with E-state index in [9.17, 15) is 9.59 Å². The molecular weight excluding hydrogens is 448 g/mol. The maximum atomic E-state index is 13.9. The minimum atomic E-state index is -0.0649. The van der Waals surface area contributed by atoms with Gasteiger partial charge in [0.15, 0.2) is 0 Å². The van der Waals surface area contributed by atoms with Crippen LogP contribution in [0.15, 0.2) is 60.7 Å². The van der Waals surface area contributed by atoms with Gasteiger partial charge in [-0.15, -0.1) is 0 Å². The lowest BCUT2D eigenvalue weighted by Crippen LogP contribution is -2.53. The van der Waals surface area contributed by atoms with Crippen molar-refractivity contribution in [2.45, 2.75) is 37.8 Å². The molecule has 2 saturated heterocycles. The lowest BCUT2D eigenvalue weighted by molar-refractivity contribution is -0.146. The first-order chi connectivity index (χ1) is 17.5. The lowest BCUT2D eigenvalue weighted by Gasteiger charge is -2.44. The standard InChI is InChI=1S/C30H40N4O2/c1-31-16-18-33(27(21-31)23-10-5-3-6-11-23)29(35)25-14-9-15-26(20-25)30(36)34-19-17-32(2)22-28(34)24-12-7-4-8-13-24/h3-8,10-13,25-28H,9,14-22H2,1-2H3. The third-order valence-corrected chi connectivity index (χ3v) is 8.47. The number of hydrogen-bond acceptors (Lipinski definition) is 4. The molecule has 0 N–H and O–H groups in total. The van der Waals surface area contributed by atoms with Gasteiger partial charge in [0.2, 0.25) is 11.8 Å². The molecule has 5 rings (SSSR count). The van der Waals surface area contributed by atoms with Gasteiger partial charge >= 0.3 is 0 Å². The molecule has 0 bridgehead atoms. The Morgan fingerprint density at radius 2 is 1.06 bits per heavy atom. The molecule has 2 amide bonds. The second-order valence-electron chi connectivity index (χ2n) is 11.0. The molecule has 0 spiro atoms. The van der Waals surface area contributed by atoms with Crippen molar-refractivity contribution < 1.29 is 9.59 Å². The summed E-state index contributed by atoms with van der Waals surface area (Å²) >= 11 is 0. The van der Waals surface area contributed by atoms with Crippen LogP contribution in [0.5, 0.6) is 0 Å².